The van der Waals surface area contributed by atoms with Crippen molar-refractivity contribution >= 4 is 25.2 Å². The Bertz CT molecular complexity index is 294. The second kappa shape index (κ2) is 22.0. The molecule has 0 fully saturated rings. The molecule has 0 aliphatic carbocycles. The third-order valence-electron chi connectivity index (χ3n) is 1.90. The van der Waals surface area contributed by atoms with Crippen LogP contribution in [0.5, 0.6) is 0 Å². The average molecular weight is 463 g/mol. The SMILES string of the molecule is CC(C)PC(C)C.CC(C)PC(C)C.C[Si](C)(C)C.[Co].c1ccncc1. The van der Waals surface area contributed by atoms with Gasteiger partial charge in [0.1, 0.15) is 0 Å². The molecule has 5 heteroatoms. The number of hydrogen-bond donors (Lipinski definition) is 0. The summed E-state index contributed by atoms with van der Waals surface area (Å²) >= 11 is 0. The van der Waals surface area contributed by atoms with Crippen molar-refractivity contribution < 1.29 is 16.8 Å². The molecule has 0 aliphatic rings. The summed E-state index contributed by atoms with van der Waals surface area (Å²) in [6.07, 6.45) is 3.50. The monoisotopic (exact) mass is 462 g/mol. The molecule has 1 heterocycles. The van der Waals surface area contributed by atoms with Crippen molar-refractivity contribution in [1.29, 1.82) is 0 Å². The second-order valence-corrected chi connectivity index (χ2v) is 20.3. The first-order chi connectivity index (χ1) is 11.3. The minimum Gasteiger partial charge on any atom is -0.265 e. The van der Waals surface area contributed by atoms with Crippen LogP contribution >= 0.6 is 17.2 Å². The van der Waals surface area contributed by atoms with E-state index in [4.69, 9.17) is 0 Å². The maximum absolute atomic E-state index is 3.78. The summed E-state index contributed by atoms with van der Waals surface area (Å²) < 4.78 is 0. The maximum Gasteiger partial charge on any atom is 0.0411 e. The van der Waals surface area contributed by atoms with Gasteiger partial charge in [0.25, 0.3) is 0 Å². The van der Waals surface area contributed by atoms with Gasteiger partial charge < -0.3 is 0 Å². The molecule has 0 unspecified atom stereocenters. The molecule has 0 atom stereocenters. The van der Waals surface area contributed by atoms with E-state index in [0.717, 1.165) is 39.8 Å². The van der Waals surface area contributed by atoms with Crippen molar-refractivity contribution in [1.82, 2.24) is 4.98 Å². The minimum atomic E-state index is -0.611. The molecule has 26 heavy (non-hydrogen) atoms. The van der Waals surface area contributed by atoms with Crippen LogP contribution in [0.2, 0.25) is 26.2 Å². The van der Waals surface area contributed by atoms with Crippen LogP contribution in [-0.4, -0.2) is 35.7 Å². The minimum absolute atomic E-state index is 0. The molecule has 1 nitrogen and oxygen atoms in total. The van der Waals surface area contributed by atoms with E-state index in [9.17, 15) is 0 Å². The van der Waals surface area contributed by atoms with E-state index in [2.05, 4.69) is 86.6 Å². The Morgan fingerprint density at radius 1 is 0.577 bits per heavy atom. The number of aromatic nitrogens is 1. The van der Waals surface area contributed by atoms with E-state index in [1.54, 1.807) is 12.4 Å². The van der Waals surface area contributed by atoms with Crippen LogP contribution in [-0.2, 0) is 16.8 Å². The Hall–Kier alpha value is 0.733. The number of nitrogens with zero attached hydrogens (tertiary/aromatic N) is 1. The van der Waals surface area contributed by atoms with Crippen molar-refractivity contribution in [3.63, 3.8) is 0 Å². The fraction of sp³-hybridized carbons (Fsp3) is 0.762. The van der Waals surface area contributed by atoms with E-state index < -0.39 is 8.07 Å². The molecular weight excluding hydrogens is 415 g/mol. The Kier molecular flexibility index (Phi) is 29.0. The molecule has 0 saturated carbocycles. The summed E-state index contributed by atoms with van der Waals surface area (Å²) in [4.78, 5) is 3.78. The van der Waals surface area contributed by atoms with Gasteiger partial charge in [0.2, 0.25) is 0 Å². The van der Waals surface area contributed by atoms with Gasteiger partial charge in [0.05, 0.1) is 0 Å². The summed E-state index contributed by atoms with van der Waals surface area (Å²) in [6, 6.07) is 5.72. The van der Waals surface area contributed by atoms with Gasteiger partial charge in [-0.25, -0.2) is 0 Å². The molecule has 0 N–H and O–H groups in total. The van der Waals surface area contributed by atoms with Gasteiger partial charge in [-0.3, -0.25) is 4.98 Å². The summed E-state index contributed by atoms with van der Waals surface area (Å²) in [5, 5.41) is 0. The van der Waals surface area contributed by atoms with Crippen LogP contribution in [0.15, 0.2) is 30.6 Å². The van der Waals surface area contributed by atoms with Gasteiger partial charge in [0.15, 0.2) is 0 Å². The van der Waals surface area contributed by atoms with Crippen LogP contribution in [0.25, 0.3) is 0 Å². The van der Waals surface area contributed by atoms with Crippen molar-refractivity contribution in [3.05, 3.63) is 30.6 Å². The van der Waals surface area contributed by atoms with Gasteiger partial charge in [0, 0.05) is 37.2 Å². The summed E-state index contributed by atoms with van der Waals surface area (Å²) in [5.74, 6) is 0. The first-order valence-electron chi connectivity index (χ1n) is 9.62. The molecule has 0 saturated heterocycles. The molecule has 1 aromatic heterocycles. The Labute approximate surface area is 181 Å². The third-order valence-corrected chi connectivity index (χ3v) is 4.57. The molecule has 1 rings (SSSR count). The fourth-order valence-corrected chi connectivity index (χ4v) is 4.31. The predicted octanol–water partition coefficient (Wildman–Crippen LogP) is 8.00. The van der Waals surface area contributed by atoms with Crippen LogP contribution in [0.4, 0.5) is 0 Å². The fourth-order valence-electron chi connectivity index (χ4n) is 1.65. The molecule has 0 aromatic carbocycles. The molecule has 0 spiro atoms. The molecule has 0 aliphatic heterocycles. The van der Waals surface area contributed by atoms with Crippen molar-refractivity contribution in [3.8, 4) is 0 Å². The van der Waals surface area contributed by atoms with Crippen molar-refractivity contribution in [2.24, 2.45) is 0 Å². The van der Waals surface area contributed by atoms with Crippen molar-refractivity contribution in [2.75, 3.05) is 0 Å². The average Bonchev–Trinajstić information content (AvgIpc) is 2.36. The summed E-state index contributed by atoms with van der Waals surface area (Å²) in [5.41, 5.74) is 3.61. The topological polar surface area (TPSA) is 12.9 Å². The van der Waals surface area contributed by atoms with Crippen LogP contribution in [0, 0.1) is 0 Å². The summed E-state index contributed by atoms with van der Waals surface area (Å²) in [6.45, 7) is 27.5. The smallest absolute Gasteiger partial charge is 0.0411 e. The zero-order valence-corrected chi connectivity index (χ0v) is 23.5. The van der Waals surface area contributed by atoms with E-state index in [1.807, 2.05) is 18.2 Å². The first-order valence-corrected chi connectivity index (χ1v) is 15.9. The van der Waals surface area contributed by atoms with Gasteiger partial charge in [-0.2, -0.15) is 0 Å². The largest absolute Gasteiger partial charge is 0.265 e. The zero-order valence-electron chi connectivity index (χ0n) is 19.5. The van der Waals surface area contributed by atoms with Crippen LogP contribution in [0.3, 0.4) is 0 Å². The molecule has 0 amide bonds. The van der Waals surface area contributed by atoms with Gasteiger partial charge in [-0.1, -0.05) is 87.6 Å². The van der Waals surface area contributed by atoms with E-state index >= 15 is 0 Å². The molecule has 1 radical (unpaired) electrons. The van der Waals surface area contributed by atoms with Gasteiger partial charge in [-0.15, -0.1) is 17.2 Å². The van der Waals surface area contributed by atoms with Crippen LogP contribution < -0.4 is 0 Å². The molecule has 0 bridgehead atoms. The van der Waals surface area contributed by atoms with Crippen molar-refractivity contribution in [2.45, 2.75) is 104 Å². The Balaban J connectivity index is -0.000000123. The molecular formula is C21H47CoNP2Si. The quantitative estimate of drug-likeness (QED) is 0.326. The first kappa shape index (κ1) is 34.3. The maximum atomic E-state index is 3.78. The zero-order chi connectivity index (χ0) is 20.5. The third kappa shape index (κ3) is 64.2. The Morgan fingerprint density at radius 3 is 0.846 bits per heavy atom. The standard InChI is InChI=1S/2C6H15P.C5H5N.C4H12Si.Co/c2*1-5(2)7-6(3)4;1-2-4-6-5-3-1;1-5(2,3)4;/h2*5-7H,1-4H3;1-5H;1-4H3;. The Morgan fingerprint density at radius 2 is 0.808 bits per heavy atom. The van der Waals surface area contributed by atoms with Crippen LogP contribution in [0.1, 0.15) is 55.4 Å². The number of pyridine rings is 1. The molecule has 1 aromatic rings. The van der Waals surface area contributed by atoms with E-state index in [0.29, 0.717) is 0 Å². The van der Waals surface area contributed by atoms with Gasteiger partial charge in [-0.05, 0) is 34.8 Å². The molecule has 159 valence electrons. The van der Waals surface area contributed by atoms with Gasteiger partial charge >= 0.3 is 0 Å². The summed E-state index contributed by atoms with van der Waals surface area (Å²) in [7, 11) is 1.68. The number of rotatable bonds is 4. The predicted molar refractivity (Wildman–Crippen MR) is 131 cm³/mol. The number of hydrogen-bond acceptors (Lipinski definition) is 1. The normalized spacial score (nSPS) is 10.2. The second-order valence-electron chi connectivity index (χ2n) is 8.98. The van der Waals surface area contributed by atoms with E-state index in [-0.39, 0.29) is 16.8 Å². The van der Waals surface area contributed by atoms with E-state index in [1.165, 1.54) is 0 Å².